The summed E-state index contributed by atoms with van der Waals surface area (Å²) in [4.78, 5) is 0. The van der Waals surface area contributed by atoms with Crippen LogP contribution < -0.4 is 10.6 Å². The maximum Gasteiger partial charge on any atom is 0.200 e. The third-order valence-electron chi connectivity index (χ3n) is 1.98. The number of thiocarbonyl (C=S) groups is 1. The predicted molar refractivity (Wildman–Crippen MR) is 60.7 cm³/mol. The molecular weight excluding hydrogens is 275 g/mol. The monoisotopic (exact) mass is 284 g/mol. The molecule has 1 rings (SSSR count). The summed E-state index contributed by atoms with van der Waals surface area (Å²) >= 11 is 4.65. The van der Waals surface area contributed by atoms with Gasteiger partial charge in [-0.2, -0.15) is 0 Å². The van der Waals surface area contributed by atoms with Crippen LogP contribution in [-0.2, 0) is 0 Å². The van der Waals surface area contributed by atoms with Gasteiger partial charge in [0.1, 0.15) is 5.69 Å². The van der Waals surface area contributed by atoms with Crippen molar-refractivity contribution in [2.45, 2.75) is 13.3 Å². The molecule has 0 amide bonds. The summed E-state index contributed by atoms with van der Waals surface area (Å²) in [5.74, 6) is -10.1. The predicted octanol–water partition coefficient (Wildman–Crippen LogP) is 3.08. The van der Waals surface area contributed by atoms with Crippen LogP contribution in [0.3, 0.4) is 0 Å². The van der Waals surface area contributed by atoms with Crippen molar-refractivity contribution in [2.75, 3.05) is 11.9 Å². The molecule has 1 aromatic rings. The second-order valence-electron chi connectivity index (χ2n) is 3.33. The Hall–Kier alpha value is -1.44. The minimum absolute atomic E-state index is 0.222. The van der Waals surface area contributed by atoms with Gasteiger partial charge in [-0.05, 0) is 18.6 Å². The van der Waals surface area contributed by atoms with Crippen molar-refractivity contribution in [1.29, 1.82) is 0 Å². The molecule has 2 nitrogen and oxygen atoms in total. The van der Waals surface area contributed by atoms with Crippen LogP contribution in [0.15, 0.2) is 0 Å². The standard InChI is InChI=1S/C10H9F5N2S/c1-2-3-16-10(18)17-9-7(14)5(12)4(11)6(13)8(9)15/h2-3H2,1H3,(H2,16,17,18). The Kier molecular flexibility index (Phi) is 4.83. The maximum absolute atomic E-state index is 13.2. The molecule has 0 unspecified atom stereocenters. The molecule has 0 aliphatic heterocycles. The third kappa shape index (κ3) is 2.87. The van der Waals surface area contributed by atoms with Gasteiger partial charge in [0.05, 0.1) is 0 Å². The van der Waals surface area contributed by atoms with Crippen molar-refractivity contribution in [1.82, 2.24) is 5.32 Å². The molecule has 8 heteroatoms. The normalized spacial score (nSPS) is 10.3. The van der Waals surface area contributed by atoms with Crippen LogP contribution in [-0.4, -0.2) is 11.7 Å². The highest BCUT2D eigenvalue weighted by molar-refractivity contribution is 7.80. The van der Waals surface area contributed by atoms with Crippen molar-refractivity contribution in [3.63, 3.8) is 0 Å². The first-order valence-electron chi connectivity index (χ1n) is 4.96. The molecule has 0 aromatic heterocycles. The quantitative estimate of drug-likeness (QED) is 0.386. The highest BCUT2D eigenvalue weighted by atomic mass is 32.1. The van der Waals surface area contributed by atoms with Gasteiger partial charge in [0.15, 0.2) is 28.4 Å². The Bertz CT molecular complexity index is 449. The highest BCUT2D eigenvalue weighted by Crippen LogP contribution is 2.26. The van der Waals surface area contributed by atoms with Crippen molar-refractivity contribution in [3.8, 4) is 0 Å². The van der Waals surface area contributed by atoms with Crippen molar-refractivity contribution in [2.24, 2.45) is 0 Å². The summed E-state index contributed by atoms with van der Waals surface area (Å²) in [6.45, 7) is 2.22. The zero-order valence-corrected chi connectivity index (χ0v) is 10.0. The highest BCUT2D eigenvalue weighted by Gasteiger charge is 2.26. The minimum Gasteiger partial charge on any atom is -0.362 e. The SMILES string of the molecule is CCCNC(=S)Nc1c(F)c(F)c(F)c(F)c1F. The Morgan fingerprint density at radius 3 is 1.83 bits per heavy atom. The van der Waals surface area contributed by atoms with Gasteiger partial charge >= 0.3 is 0 Å². The molecule has 0 aliphatic carbocycles. The lowest BCUT2D eigenvalue weighted by Gasteiger charge is -2.12. The average molecular weight is 284 g/mol. The molecule has 100 valence electrons. The fraction of sp³-hybridized carbons (Fsp3) is 0.300. The first kappa shape index (κ1) is 14.6. The zero-order valence-electron chi connectivity index (χ0n) is 9.21. The first-order chi connectivity index (χ1) is 8.40. The summed E-state index contributed by atoms with van der Waals surface area (Å²) in [6.07, 6.45) is 0.679. The van der Waals surface area contributed by atoms with E-state index in [2.05, 4.69) is 17.5 Å². The fourth-order valence-electron chi connectivity index (χ4n) is 1.11. The van der Waals surface area contributed by atoms with Crippen LogP contribution in [0.1, 0.15) is 13.3 Å². The van der Waals surface area contributed by atoms with Gasteiger partial charge in [-0.1, -0.05) is 6.92 Å². The van der Waals surface area contributed by atoms with Gasteiger partial charge in [0, 0.05) is 6.54 Å². The van der Waals surface area contributed by atoms with E-state index in [1.807, 2.05) is 12.2 Å². The van der Waals surface area contributed by atoms with Gasteiger partial charge < -0.3 is 10.6 Å². The zero-order chi connectivity index (χ0) is 13.9. The summed E-state index contributed by atoms with van der Waals surface area (Å²) < 4.78 is 64.8. The number of nitrogens with one attached hydrogen (secondary N) is 2. The molecular formula is C10H9F5N2S. The van der Waals surface area contributed by atoms with E-state index < -0.39 is 34.8 Å². The van der Waals surface area contributed by atoms with Crippen LogP contribution in [0.2, 0.25) is 0 Å². The van der Waals surface area contributed by atoms with Crippen LogP contribution in [0, 0.1) is 29.1 Å². The lowest BCUT2D eigenvalue weighted by molar-refractivity contribution is 0.382. The van der Waals surface area contributed by atoms with E-state index in [9.17, 15) is 22.0 Å². The molecule has 0 saturated carbocycles. The van der Waals surface area contributed by atoms with Crippen molar-refractivity contribution >= 4 is 23.0 Å². The Labute approximate surface area is 105 Å². The second kappa shape index (κ2) is 5.94. The molecule has 0 bridgehead atoms. The number of rotatable bonds is 3. The van der Waals surface area contributed by atoms with Gasteiger partial charge in [-0.25, -0.2) is 22.0 Å². The van der Waals surface area contributed by atoms with E-state index in [0.29, 0.717) is 13.0 Å². The van der Waals surface area contributed by atoms with Crippen LogP contribution in [0.5, 0.6) is 0 Å². The molecule has 0 aliphatic rings. The van der Waals surface area contributed by atoms with Gasteiger partial charge in [0.2, 0.25) is 5.82 Å². The number of hydrogen-bond donors (Lipinski definition) is 2. The molecule has 0 radical (unpaired) electrons. The summed E-state index contributed by atoms with van der Waals surface area (Å²) in [7, 11) is 0. The Morgan fingerprint density at radius 2 is 1.39 bits per heavy atom. The molecule has 0 heterocycles. The van der Waals surface area contributed by atoms with E-state index in [0.717, 1.165) is 0 Å². The molecule has 2 N–H and O–H groups in total. The van der Waals surface area contributed by atoms with Gasteiger partial charge in [0.25, 0.3) is 0 Å². The van der Waals surface area contributed by atoms with E-state index in [1.54, 1.807) is 0 Å². The number of hydrogen-bond acceptors (Lipinski definition) is 1. The van der Waals surface area contributed by atoms with Crippen LogP contribution >= 0.6 is 12.2 Å². The number of benzene rings is 1. The van der Waals surface area contributed by atoms with Crippen molar-refractivity contribution < 1.29 is 22.0 Å². The molecule has 0 atom stereocenters. The number of anilines is 1. The average Bonchev–Trinajstić information content (AvgIpc) is 2.36. The Balaban J connectivity index is 3.06. The van der Waals surface area contributed by atoms with Crippen LogP contribution in [0.25, 0.3) is 0 Å². The van der Waals surface area contributed by atoms with E-state index >= 15 is 0 Å². The fourth-order valence-corrected chi connectivity index (χ4v) is 1.32. The lowest BCUT2D eigenvalue weighted by Crippen LogP contribution is -2.30. The van der Waals surface area contributed by atoms with Gasteiger partial charge in [-0.3, -0.25) is 0 Å². The molecule has 0 saturated heterocycles. The third-order valence-corrected chi connectivity index (χ3v) is 2.23. The van der Waals surface area contributed by atoms with E-state index in [4.69, 9.17) is 0 Å². The van der Waals surface area contributed by atoms with Crippen LogP contribution in [0.4, 0.5) is 27.6 Å². The summed E-state index contributed by atoms with van der Waals surface area (Å²) in [5.41, 5.74) is -1.17. The Morgan fingerprint density at radius 1 is 0.944 bits per heavy atom. The topological polar surface area (TPSA) is 24.1 Å². The van der Waals surface area contributed by atoms with Gasteiger partial charge in [-0.15, -0.1) is 0 Å². The van der Waals surface area contributed by atoms with Crippen molar-refractivity contribution in [3.05, 3.63) is 29.1 Å². The lowest BCUT2D eigenvalue weighted by atomic mass is 10.2. The molecule has 0 spiro atoms. The second-order valence-corrected chi connectivity index (χ2v) is 3.73. The molecule has 18 heavy (non-hydrogen) atoms. The van der Waals surface area contributed by atoms with E-state index in [-0.39, 0.29) is 5.11 Å². The summed E-state index contributed by atoms with van der Waals surface area (Å²) in [6, 6.07) is 0. The number of halogens is 5. The smallest absolute Gasteiger partial charge is 0.200 e. The molecule has 0 fully saturated rings. The maximum atomic E-state index is 13.2. The largest absolute Gasteiger partial charge is 0.362 e. The van der Waals surface area contributed by atoms with E-state index in [1.165, 1.54) is 0 Å². The summed E-state index contributed by atoms with van der Waals surface area (Å²) in [5, 5.41) is 4.26. The first-order valence-corrected chi connectivity index (χ1v) is 5.37. The molecule has 1 aromatic carbocycles. The minimum atomic E-state index is -2.21.